The zero-order valence-electron chi connectivity index (χ0n) is 17.7. The van der Waals surface area contributed by atoms with Crippen molar-refractivity contribution in [1.82, 2.24) is 20.4 Å². The lowest BCUT2D eigenvalue weighted by molar-refractivity contribution is 0.223. The molecular formula is C23H29N5O2. The lowest BCUT2D eigenvalue weighted by Crippen LogP contribution is -2.41. The Labute approximate surface area is 177 Å². The van der Waals surface area contributed by atoms with Gasteiger partial charge in [-0.2, -0.15) is 5.10 Å². The van der Waals surface area contributed by atoms with Crippen LogP contribution in [0.15, 0.2) is 72.0 Å². The highest BCUT2D eigenvalue weighted by molar-refractivity contribution is 5.79. The molecule has 0 fully saturated rings. The van der Waals surface area contributed by atoms with Crippen LogP contribution in [-0.4, -0.2) is 42.5 Å². The summed E-state index contributed by atoms with van der Waals surface area (Å²) in [7, 11) is 3.41. The zero-order chi connectivity index (χ0) is 21.2. The van der Waals surface area contributed by atoms with Crippen LogP contribution in [0.5, 0.6) is 11.5 Å². The number of ether oxygens (including phenoxy) is 2. The van der Waals surface area contributed by atoms with Crippen molar-refractivity contribution in [2.75, 3.05) is 20.7 Å². The molecule has 0 aliphatic carbocycles. The summed E-state index contributed by atoms with van der Waals surface area (Å²) >= 11 is 0. The predicted octanol–water partition coefficient (Wildman–Crippen LogP) is 3.07. The Kier molecular flexibility index (Phi) is 7.71. The molecule has 1 atom stereocenters. The number of aliphatic imine (C=N–C) groups is 1. The van der Waals surface area contributed by atoms with E-state index < -0.39 is 0 Å². The molecule has 3 rings (SSSR count). The number of nitrogens with one attached hydrogen (secondary N) is 2. The van der Waals surface area contributed by atoms with Crippen LogP contribution in [0, 0.1) is 0 Å². The highest BCUT2D eigenvalue weighted by Crippen LogP contribution is 2.18. The van der Waals surface area contributed by atoms with Crippen LogP contribution >= 0.6 is 0 Å². The molecule has 0 bridgehead atoms. The number of benzene rings is 2. The number of methoxy groups -OCH3 is 1. The SMILES string of the molecule is CN=C(NCc1ccccc1Cn1cccn1)NCC(C)Oc1ccc(OC)cc1. The van der Waals surface area contributed by atoms with Gasteiger partial charge >= 0.3 is 0 Å². The summed E-state index contributed by atoms with van der Waals surface area (Å²) in [4.78, 5) is 4.31. The molecule has 158 valence electrons. The summed E-state index contributed by atoms with van der Waals surface area (Å²) in [5, 5.41) is 11.0. The maximum Gasteiger partial charge on any atom is 0.191 e. The zero-order valence-corrected chi connectivity index (χ0v) is 17.7. The molecule has 0 spiro atoms. The van der Waals surface area contributed by atoms with E-state index in [1.807, 2.05) is 60.3 Å². The van der Waals surface area contributed by atoms with Crippen molar-refractivity contribution in [3.63, 3.8) is 0 Å². The van der Waals surface area contributed by atoms with E-state index in [1.54, 1.807) is 20.4 Å². The van der Waals surface area contributed by atoms with Gasteiger partial charge in [0.25, 0.3) is 0 Å². The van der Waals surface area contributed by atoms with Gasteiger partial charge in [-0.1, -0.05) is 24.3 Å². The van der Waals surface area contributed by atoms with Gasteiger partial charge in [0.05, 0.1) is 20.2 Å². The van der Waals surface area contributed by atoms with Crippen molar-refractivity contribution in [2.45, 2.75) is 26.1 Å². The van der Waals surface area contributed by atoms with Crippen molar-refractivity contribution < 1.29 is 9.47 Å². The van der Waals surface area contributed by atoms with E-state index in [4.69, 9.17) is 9.47 Å². The molecule has 3 aromatic rings. The van der Waals surface area contributed by atoms with E-state index >= 15 is 0 Å². The number of hydrogen-bond acceptors (Lipinski definition) is 4. The normalized spacial score (nSPS) is 12.3. The molecule has 2 N–H and O–H groups in total. The van der Waals surface area contributed by atoms with Crippen LogP contribution in [0.25, 0.3) is 0 Å². The summed E-state index contributed by atoms with van der Waals surface area (Å²) in [5.41, 5.74) is 2.43. The Hall–Kier alpha value is -3.48. The number of guanidine groups is 1. The largest absolute Gasteiger partial charge is 0.497 e. The van der Waals surface area contributed by atoms with Gasteiger partial charge in [0.15, 0.2) is 5.96 Å². The van der Waals surface area contributed by atoms with Crippen LogP contribution in [0.4, 0.5) is 0 Å². The first kappa shape index (κ1) is 21.2. The third kappa shape index (κ3) is 6.27. The summed E-state index contributed by atoms with van der Waals surface area (Å²) in [5.74, 6) is 2.35. The fourth-order valence-electron chi connectivity index (χ4n) is 3.02. The number of nitrogens with zero attached hydrogens (tertiary/aromatic N) is 3. The van der Waals surface area contributed by atoms with Crippen molar-refractivity contribution in [1.29, 1.82) is 0 Å². The maximum atomic E-state index is 5.94. The van der Waals surface area contributed by atoms with Crippen molar-refractivity contribution >= 4 is 5.96 Å². The van der Waals surface area contributed by atoms with E-state index in [9.17, 15) is 0 Å². The van der Waals surface area contributed by atoms with Gasteiger partial charge in [-0.3, -0.25) is 9.67 Å². The van der Waals surface area contributed by atoms with Gasteiger partial charge in [0, 0.05) is 26.0 Å². The highest BCUT2D eigenvalue weighted by atomic mass is 16.5. The Morgan fingerprint density at radius 3 is 2.43 bits per heavy atom. The Morgan fingerprint density at radius 2 is 1.77 bits per heavy atom. The second kappa shape index (κ2) is 10.9. The molecule has 30 heavy (non-hydrogen) atoms. The molecule has 1 aromatic heterocycles. The molecule has 1 heterocycles. The van der Waals surface area contributed by atoms with Crippen molar-refractivity contribution in [3.8, 4) is 11.5 Å². The minimum absolute atomic E-state index is 0.0240. The summed E-state index contributed by atoms with van der Waals surface area (Å²) < 4.78 is 13.0. The fourth-order valence-corrected chi connectivity index (χ4v) is 3.02. The first-order valence-electron chi connectivity index (χ1n) is 9.97. The lowest BCUT2D eigenvalue weighted by atomic mass is 10.1. The number of hydrogen-bond donors (Lipinski definition) is 2. The molecule has 0 amide bonds. The van der Waals surface area contributed by atoms with Gasteiger partial charge in [0.1, 0.15) is 17.6 Å². The van der Waals surface area contributed by atoms with E-state index in [0.29, 0.717) is 13.1 Å². The monoisotopic (exact) mass is 407 g/mol. The van der Waals surface area contributed by atoms with E-state index in [2.05, 4.69) is 32.9 Å². The predicted molar refractivity (Wildman–Crippen MR) is 119 cm³/mol. The highest BCUT2D eigenvalue weighted by Gasteiger charge is 2.08. The minimum Gasteiger partial charge on any atom is -0.497 e. The third-order valence-corrected chi connectivity index (χ3v) is 4.63. The molecule has 0 radical (unpaired) electrons. The number of rotatable bonds is 9. The van der Waals surface area contributed by atoms with E-state index in [0.717, 1.165) is 24.0 Å². The van der Waals surface area contributed by atoms with Gasteiger partial charge < -0.3 is 20.1 Å². The molecule has 1 unspecified atom stereocenters. The first-order chi connectivity index (χ1) is 14.7. The van der Waals surface area contributed by atoms with Crippen LogP contribution in [-0.2, 0) is 13.1 Å². The van der Waals surface area contributed by atoms with Crippen LogP contribution in [0.2, 0.25) is 0 Å². The molecule has 0 aliphatic heterocycles. The second-order valence-corrected chi connectivity index (χ2v) is 6.88. The molecule has 2 aromatic carbocycles. The van der Waals surface area contributed by atoms with Crippen LogP contribution in [0.1, 0.15) is 18.1 Å². The second-order valence-electron chi connectivity index (χ2n) is 6.88. The average molecular weight is 408 g/mol. The average Bonchev–Trinajstić information content (AvgIpc) is 3.28. The molecule has 0 saturated heterocycles. The smallest absolute Gasteiger partial charge is 0.191 e. The van der Waals surface area contributed by atoms with Gasteiger partial charge in [0.2, 0.25) is 0 Å². The summed E-state index contributed by atoms with van der Waals surface area (Å²) in [6, 6.07) is 17.8. The summed E-state index contributed by atoms with van der Waals surface area (Å²) in [6.07, 6.45) is 3.74. The molecule has 7 nitrogen and oxygen atoms in total. The van der Waals surface area contributed by atoms with Crippen LogP contribution < -0.4 is 20.1 Å². The fraction of sp³-hybridized carbons (Fsp3) is 0.304. The van der Waals surface area contributed by atoms with E-state index in [-0.39, 0.29) is 6.10 Å². The first-order valence-corrected chi connectivity index (χ1v) is 9.97. The molecule has 0 aliphatic rings. The Bertz CT molecular complexity index is 923. The van der Waals surface area contributed by atoms with Crippen LogP contribution in [0.3, 0.4) is 0 Å². The minimum atomic E-state index is -0.0240. The molecule has 0 saturated carbocycles. The molecule has 7 heteroatoms. The maximum absolute atomic E-state index is 5.94. The van der Waals surface area contributed by atoms with Crippen molar-refractivity contribution in [3.05, 3.63) is 78.1 Å². The topological polar surface area (TPSA) is 72.7 Å². The lowest BCUT2D eigenvalue weighted by Gasteiger charge is -2.18. The Balaban J connectivity index is 1.49. The standard InChI is InChI=1S/C23H29N5O2/c1-18(30-22-11-9-21(29-3)10-12-22)15-25-23(24-2)26-16-19-7-4-5-8-20(19)17-28-14-6-13-27-28/h4-14,18H,15-17H2,1-3H3,(H2,24,25,26). The quantitative estimate of drug-likeness (QED) is 0.421. The third-order valence-electron chi connectivity index (χ3n) is 4.63. The number of aromatic nitrogens is 2. The van der Waals surface area contributed by atoms with Gasteiger partial charge in [-0.25, -0.2) is 0 Å². The summed E-state index contributed by atoms with van der Waals surface area (Å²) in [6.45, 7) is 4.05. The van der Waals surface area contributed by atoms with Gasteiger partial charge in [-0.15, -0.1) is 0 Å². The van der Waals surface area contributed by atoms with E-state index in [1.165, 1.54) is 11.1 Å². The van der Waals surface area contributed by atoms with Gasteiger partial charge in [-0.05, 0) is 48.4 Å². The Morgan fingerprint density at radius 1 is 1.03 bits per heavy atom. The molecular weight excluding hydrogens is 378 g/mol. The van der Waals surface area contributed by atoms with Crippen molar-refractivity contribution in [2.24, 2.45) is 4.99 Å².